The number of amides is 1. The normalized spacial score (nSPS) is 14.4. The Labute approximate surface area is 219 Å². The van der Waals surface area contributed by atoms with E-state index >= 15 is 0 Å². The molecule has 196 valence electrons. The SMILES string of the molecule is CCNC(=O)CC1N=C(c2ccc(C)cc2)c2cc(OCCCCCOCC)ccc2-n2c(C)nnc21. The first-order valence-corrected chi connectivity index (χ1v) is 13.2. The third-order valence-corrected chi connectivity index (χ3v) is 6.38. The number of rotatable bonds is 12. The molecule has 1 unspecified atom stereocenters. The standard InChI is InChI=1S/C29H37N5O3/c1-5-30-27(35)19-25-29-33-32-21(4)34(29)26-15-14-23(37-17-9-7-8-16-36-6-2)18-24(26)28(31-25)22-12-10-20(3)11-13-22/h10-15,18,25H,5-9,16-17,19H2,1-4H3,(H,30,35). The Morgan fingerprint density at radius 3 is 2.54 bits per heavy atom. The Kier molecular flexibility index (Phi) is 9.06. The van der Waals surface area contributed by atoms with Crippen molar-refractivity contribution in [3.05, 3.63) is 70.8 Å². The van der Waals surface area contributed by atoms with E-state index in [-0.39, 0.29) is 12.3 Å². The fraction of sp³-hybridized carbons (Fsp3) is 0.448. The Hall–Kier alpha value is -3.52. The van der Waals surface area contributed by atoms with Gasteiger partial charge < -0.3 is 14.8 Å². The van der Waals surface area contributed by atoms with Gasteiger partial charge in [0, 0.05) is 30.9 Å². The molecule has 2 heterocycles. The van der Waals surface area contributed by atoms with Gasteiger partial charge in [0.15, 0.2) is 5.82 Å². The van der Waals surface area contributed by atoms with Crippen molar-refractivity contribution in [1.82, 2.24) is 20.1 Å². The summed E-state index contributed by atoms with van der Waals surface area (Å²) in [7, 11) is 0. The first-order valence-electron chi connectivity index (χ1n) is 13.2. The fourth-order valence-electron chi connectivity index (χ4n) is 4.51. The predicted molar refractivity (Wildman–Crippen MR) is 145 cm³/mol. The molecule has 8 nitrogen and oxygen atoms in total. The zero-order chi connectivity index (χ0) is 26.2. The molecule has 0 saturated carbocycles. The summed E-state index contributed by atoms with van der Waals surface area (Å²) in [5.74, 6) is 2.14. The van der Waals surface area contributed by atoms with Crippen molar-refractivity contribution in [2.24, 2.45) is 4.99 Å². The van der Waals surface area contributed by atoms with E-state index < -0.39 is 6.04 Å². The van der Waals surface area contributed by atoms with Crippen molar-refractivity contribution < 1.29 is 14.3 Å². The number of nitrogens with zero attached hydrogens (tertiary/aromatic N) is 4. The molecule has 0 spiro atoms. The second kappa shape index (κ2) is 12.6. The summed E-state index contributed by atoms with van der Waals surface area (Å²) in [6.07, 6.45) is 3.26. The number of unbranched alkanes of at least 4 members (excludes halogenated alkanes) is 2. The van der Waals surface area contributed by atoms with Crippen molar-refractivity contribution in [2.75, 3.05) is 26.4 Å². The van der Waals surface area contributed by atoms with Gasteiger partial charge in [0.05, 0.1) is 24.4 Å². The smallest absolute Gasteiger partial charge is 0.222 e. The average Bonchev–Trinajstić information content (AvgIpc) is 3.21. The van der Waals surface area contributed by atoms with E-state index in [1.54, 1.807) is 0 Å². The Balaban J connectivity index is 1.70. The lowest BCUT2D eigenvalue weighted by molar-refractivity contribution is -0.121. The molecule has 1 aliphatic heterocycles. The highest BCUT2D eigenvalue weighted by molar-refractivity contribution is 6.15. The van der Waals surface area contributed by atoms with Crippen LogP contribution in [0.1, 0.15) is 73.9 Å². The molecule has 0 bridgehead atoms. The minimum atomic E-state index is -0.467. The molecule has 0 aliphatic carbocycles. The van der Waals surface area contributed by atoms with Crippen LogP contribution in [-0.4, -0.2) is 52.7 Å². The Bertz CT molecular complexity index is 1230. The quantitative estimate of drug-likeness (QED) is 0.356. The third-order valence-electron chi connectivity index (χ3n) is 6.38. The minimum absolute atomic E-state index is 0.0639. The van der Waals surface area contributed by atoms with Gasteiger partial charge in [0.2, 0.25) is 5.91 Å². The number of carbonyl (C=O) groups excluding carboxylic acids is 1. The summed E-state index contributed by atoms with van der Waals surface area (Å²) in [5.41, 5.74) is 4.83. The summed E-state index contributed by atoms with van der Waals surface area (Å²) in [5, 5.41) is 11.7. The van der Waals surface area contributed by atoms with Gasteiger partial charge in [-0.1, -0.05) is 29.8 Å². The summed E-state index contributed by atoms with van der Waals surface area (Å²) in [6.45, 7) is 10.7. The van der Waals surface area contributed by atoms with Crippen LogP contribution in [0.2, 0.25) is 0 Å². The molecule has 0 saturated heterocycles. The molecule has 3 aromatic rings. The molecule has 1 amide bonds. The van der Waals surface area contributed by atoms with Crippen LogP contribution < -0.4 is 10.1 Å². The van der Waals surface area contributed by atoms with Crippen LogP contribution in [0.15, 0.2) is 47.5 Å². The lowest BCUT2D eigenvalue weighted by atomic mass is 9.99. The molecular formula is C29H37N5O3. The van der Waals surface area contributed by atoms with Gasteiger partial charge in [-0.05, 0) is 65.2 Å². The fourth-order valence-corrected chi connectivity index (χ4v) is 4.51. The zero-order valence-corrected chi connectivity index (χ0v) is 22.3. The molecule has 1 aromatic heterocycles. The van der Waals surface area contributed by atoms with Crippen molar-refractivity contribution >= 4 is 11.6 Å². The zero-order valence-electron chi connectivity index (χ0n) is 22.3. The lowest BCUT2D eigenvalue weighted by Gasteiger charge is -2.15. The number of hydrogen-bond acceptors (Lipinski definition) is 6. The van der Waals surface area contributed by atoms with Crippen LogP contribution in [0.4, 0.5) is 0 Å². The average molecular weight is 504 g/mol. The maximum atomic E-state index is 12.6. The molecule has 1 N–H and O–H groups in total. The van der Waals surface area contributed by atoms with E-state index in [1.165, 1.54) is 5.56 Å². The first kappa shape index (κ1) is 26.5. The molecule has 4 rings (SSSR count). The third kappa shape index (κ3) is 6.43. The van der Waals surface area contributed by atoms with Gasteiger partial charge in [0.25, 0.3) is 0 Å². The number of aliphatic imine (C=N–C) groups is 1. The van der Waals surface area contributed by atoms with E-state index in [0.29, 0.717) is 19.0 Å². The van der Waals surface area contributed by atoms with Crippen LogP contribution in [-0.2, 0) is 9.53 Å². The minimum Gasteiger partial charge on any atom is -0.494 e. The van der Waals surface area contributed by atoms with Gasteiger partial charge in [-0.25, -0.2) is 0 Å². The maximum Gasteiger partial charge on any atom is 0.222 e. The van der Waals surface area contributed by atoms with E-state index in [4.69, 9.17) is 14.5 Å². The monoisotopic (exact) mass is 503 g/mol. The molecule has 1 aliphatic rings. The molecule has 37 heavy (non-hydrogen) atoms. The van der Waals surface area contributed by atoms with Gasteiger partial charge in [-0.3, -0.25) is 14.4 Å². The van der Waals surface area contributed by atoms with E-state index in [9.17, 15) is 4.79 Å². The van der Waals surface area contributed by atoms with Crippen molar-refractivity contribution in [1.29, 1.82) is 0 Å². The second-order valence-electron chi connectivity index (χ2n) is 9.24. The van der Waals surface area contributed by atoms with Gasteiger partial charge in [0.1, 0.15) is 17.6 Å². The predicted octanol–water partition coefficient (Wildman–Crippen LogP) is 4.89. The van der Waals surface area contributed by atoms with Crippen LogP contribution in [0, 0.1) is 13.8 Å². The van der Waals surface area contributed by atoms with Crippen molar-refractivity contribution in [3.63, 3.8) is 0 Å². The number of hydrogen-bond donors (Lipinski definition) is 1. The molecule has 0 radical (unpaired) electrons. The molecular weight excluding hydrogens is 466 g/mol. The second-order valence-corrected chi connectivity index (χ2v) is 9.24. The van der Waals surface area contributed by atoms with Gasteiger partial charge >= 0.3 is 0 Å². The van der Waals surface area contributed by atoms with Gasteiger partial charge in [-0.2, -0.15) is 0 Å². The lowest BCUT2D eigenvalue weighted by Crippen LogP contribution is -2.25. The Morgan fingerprint density at radius 2 is 1.78 bits per heavy atom. The molecule has 1 atom stereocenters. The molecule has 8 heteroatoms. The largest absolute Gasteiger partial charge is 0.494 e. The number of carbonyl (C=O) groups is 1. The highest BCUT2D eigenvalue weighted by Crippen LogP contribution is 2.34. The van der Waals surface area contributed by atoms with Crippen molar-refractivity contribution in [2.45, 2.75) is 59.4 Å². The van der Waals surface area contributed by atoms with Crippen LogP contribution in [0.3, 0.4) is 0 Å². The van der Waals surface area contributed by atoms with Crippen LogP contribution >= 0.6 is 0 Å². The van der Waals surface area contributed by atoms with E-state index in [0.717, 1.165) is 66.6 Å². The van der Waals surface area contributed by atoms with Crippen LogP contribution in [0.5, 0.6) is 5.75 Å². The highest BCUT2D eigenvalue weighted by atomic mass is 16.5. The van der Waals surface area contributed by atoms with Gasteiger partial charge in [-0.15, -0.1) is 10.2 Å². The maximum absolute atomic E-state index is 12.6. The summed E-state index contributed by atoms with van der Waals surface area (Å²) >= 11 is 0. The Morgan fingerprint density at radius 1 is 1.00 bits per heavy atom. The molecule has 2 aromatic carbocycles. The number of aromatic nitrogens is 3. The van der Waals surface area contributed by atoms with Crippen molar-refractivity contribution in [3.8, 4) is 11.4 Å². The number of benzene rings is 2. The summed E-state index contributed by atoms with van der Waals surface area (Å²) in [4.78, 5) is 17.8. The number of nitrogens with one attached hydrogen (secondary N) is 1. The van der Waals surface area contributed by atoms with Crippen LogP contribution in [0.25, 0.3) is 5.69 Å². The molecule has 0 fully saturated rings. The summed E-state index contributed by atoms with van der Waals surface area (Å²) in [6, 6.07) is 13.9. The number of aryl methyl sites for hydroxylation is 2. The highest BCUT2D eigenvalue weighted by Gasteiger charge is 2.30. The topological polar surface area (TPSA) is 90.6 Å². The summed E-state index contributed by atoms with van der Waals surface area (Å²) < 4.78 is 13.6. The number of ether oxygens (including phenoxy) is 2. The van der Waals surface area contributed by atoms with E-state index in [1.807, 2.05) is 43.5 Å². The first-order chi connectivity index (χ1) is 18.0. The number of fused-ring (bicyclic) bond motifs is 3. The van der Waals surface area contributed by atoms with E-state index in [2.05, 4.69) is 46.7 Å².